The van der Waals surface area contributed by atoms with Crippen LogP contribution in [0.15, 0.2) is 18.2 Å². The third kappa shape index (κ3) is 2.99. The summed E-state index contributed by atoms with van der Waals surface area (Å²) < 4.78 is 0. The van der Waals surface area contributed by atoms with Gasteiger partial charge in [-0.3, -0.25) is 4.79 Å². The van der Waals surface area contributed by atoms with Gasteiger partial charge in [0.25, 0.3) is 0 Å². The fraction of sp³-hybridized carbons (Fsp3) is 0.462. The van der Waals surface area contributed by atoms with Gasteiger partial charge in [0, 0.05) is 0 Å². The standard InChI is InChI=1S/C13H18ClNO/c1-9-5-6-10(2)11(7-9)13(3,4)15-12(16)8-14/h5-7H,8H2,1-4H3,(H,15,16). The van der Waals surface area contributed by atoms with E-state index in [-0.39, 0.29) is 17.3 Å². The number of hydrogen-bond donors (Lipinski definition) is 1. The molecule has 0 aliphatic carbocycles. The van der Waals surface area contributed by atoms with Gasteiger partial charge in [-0.05, 0) is 38.8 Å². The first-order valence-corrected chi connectivity index (χ1v) is 5.85. The minimum Gasteiger partial charge on any atom is -0.346 e. The summed E-state index contributed by atoms with van der Waals surface area (Å²) in [6.45, 7) is 8.06. The molecule has 0 unspecified atom stereocenters. The number of halogens is 1. The van der Waals surface area contributed by atoms with Crippen LogP contribution in [-0.2, 0) is 10.3 Å². The molecule has 0 saturated carbocycles. The van der Waals surface area contributed by atoms with Crippen LogP contribution in [0.3, 0.4) is 0 Å². The lowest BCUT2D eigenvalue weighted by Gasteiger charge is -2.28. The summed E-state index contributed by atoms with van der Waals surface area (Å²) in [6.07, 6.45) is 0. The van der Waals surface area contributed by atoms with E-state index in [2.05, 4.69) is 23.5 Å². The zero-order valence-corrected chi connectivity index (χ0v) is 11.0. The molecule has 0 radical (unpaired) electrons. The number of hydrogen-bond acceptors (Lipinski definition) is 1. The lowest BCUT2D eigenvalue weighted by atomic mass is 9.89. The van der Waals surface area contributed by atoms with Crippen molar-refractivity contribution in [3.8, 4) is 0 Å². The molecular formula is C13H18ClNO. The van der Waals surface area contributed by atoms with E-state index in [0.717, 1.165) is 5.56 Å². The normalized spacial score (nSPS) is 11.3. The average Bonchev–Trinajstić information content (AvgIpc) is 2.20. The third-order valence-corrected chi connectivity index (χ3v) is 2.88. The van der Waals surface area contributed by atoms with Gasteiger partial charge >= 0.3 is 0 Å². The maximum atomic E-state index is 11.4. The Morgan fingerprint density at radius 3 is 2.56 bits per heavy atom. The highest BCUT2D eigenvalue weighted by atomic mass is 35.5. The van der Waals surface area contributed by atoms with Gasteiger partial charge in [0.2, 0.25) is 5.91 Å². The summed E-state index contributed by atoms with van der Waals surface area (Å²) in [6, 6.07) is 6.24. The van der Waals surface area contributed by atoms with E-state index in [1.165, 1.54) is 11.1 Å². The summed E-state index contributed by atoms with van der Waals surface area (Å²) in [4.78, 5) is 11.4. The minimum atomic E-state index is -0.387. The Balaban J connectivity index is 3.05. The van der Waals surface area contributed by atoms with Crippen LogP contribution >= 0.6 is 11.6 Å². The fourth-order valence-electron chi connectivity index (χ4n) is 1.86. The second-order valence-corrected chi connectivity index (χ2v) is 4.89. The monoisotopic (exact) mass is 239 g/mol. The molecule has 2 nitrogen and oxygen atoms in total. The number of carbonyl (C=O) groups is 1. The van der Waals surface area contributed by atoms with Crippen molar-refractivity contribution < 1.29 is 4.79 Å². The Labute approximate surface area is 102 Å². The highest BCUT2D eigenvalue weighted by molar-refractivity contribution is 6.27. The van der Waals surface area contributed by atoms with Gasteiger partial charge in [-0.25, -0.2) is 0 Å². The van der Waals surface area contributed by atoms with E-state index < -0.39 is 0 Å². The Hall–Kier alpha value is -1.02. The maximum Gasteiger partial charge on any atom is 0.235 e. The number of carbonyl (C=O) groups excluding carboxylic acids is 1. The van der Waals surface area contributed by atoms with E-state index in [0.29, 0.717) is 0 Å². The zero-order chi connectivity index (χ0) is 12.3. The van der Waals surface area contributed by atoms with Crippen molar-refractivity contribution in [2.24, 2.45) is 0 Å². The molecule has 0 fully saturated rings. The van der Waals surface area contributed by atoms with Crippen LogP contribution in [-0.4, -0.2) is 11.8 Å². The maximum absolute atomic E-state index is 11.4. The Bertz CT molecular complexity index is 399. The van der Waals surface area contributed by atoms with E-state index in [1.54, 1.807) is 0 Å². The van der Waals surface area contributed by atoms with Crippen LogP contribution in [0.25, 0.3) is 0 Å². The van der Waals surface area contributed by atoms with E-state index >= 15 is 0 Å². The van der Waals surface area contributed by atoms with Gasteiger partial charge in [-0.2, -0.15) is 0 Å². The molecular weight excluding hydrogens is 222 g/mol. The predicted molar refractivity (Wildman–Crippen MR) is 67.8 cm³/mol. The molecule has 0 bridgehead atoms. The zero-order valence-electron chi connectivity index (χ0n) is 10.2. The Morgan fingerprint density at radius 1 is 1.38 bits per heavy atom. The molecule has 0 aliphatic heterocycles. The van der Waals surface area contributed by atoms with Gasteiger partial charge in [-0.15, -0.1) is 11.6 Å². The SMILES string of the molecule is Cc1ccc(C)c(C(C)(C)NC(=O)CCl)c1. The Morgan fingerprint density at radius 2 is 2.00 bits per heavy atom. The van der Waals surface area contributed by atoms with Crippen molar-refractivity contribution in [2.45, 2.75) is 33.2 Å². The number of rotatable bonds is 3. The first kappa shape index (κ1) is 13.0. The molecule has 3 heteroatoms. The number of aryl methyl sites for hydroxylation is 2. The molecule has 0 spiro atoms. The van der Waals surface area contributed by atoms with Crippen molar-refractivity contribution in [1.29, 1.82) is 0 Å². The lowest BCUT2D eigenvalue weighted by molar-refractivity contribution is -0.120. The van der Waals surface area contributed by atoms with E-state index in [1.807, 2.05) is 27.7 Å². The molecule has 0 atom stereocenters. The highest BCUT2D eigenvalue weighted by Gasteiger charge is 2.24. The van der Waals surface area contributed by atoms with Crippen LogP contribution in [0, 0.1) is 13.8 Å². The molecule has 0 aromatic heterocycles. The summed E-state index contributed by atoms with van der Waals surface area (Å²) in [7, 11) is 0. The molecule has 0 heterocycles. The first-order valence-electron chi connectivity index (χ1n) is 5.31. The molecule has 1 amide bonds. The van der Waals surface area contributed by atoms with Gasteiger partial charge in [-0.1, -0.05) is 23.8 Å². The number of amides is 1. The van der Waals surface area contributed by atoms with Gasteiger partial charge in [0.1, 0.15) is 5.88 Å². The molecule has 88 valence electrons. The summed E-state index contributed by atoms with van der Waals surface area (Å²) in [5.74, 6) is -0.151. The number of alkyl halides is 1. The number of benzene rings is 1. The summed E-state index contributed by atoms with van der Waals surface area (Å²) in [5.41, 5.74) is 3.10. The minimum absolute atomic E-state index is 0.00566. The Kier molecular flexibility index (Phi) is 3.98. The van der Waals surface area contributed by atoms with Crippen LogP contribution in [0.2, 0.25) is 0 Å². The van der Waals surface area contributed by atoms with E-state index in [9.17, 15) is 4.79 Å². The molecule has 16 heavy (non-hydrogen) atoms. The van der Waals surface area contributed by atoms with Crippen molar-refractivity contribution in [1.82, 2.24) is 5.32 Å². The molecule has 0 saturated heterocycles. The number of nitrogens with one attached hydrogen (secondary N) is 1. The van der Waals surface area contributed by atoms with Crippen LogP contribution in [0.4, 0.5) is 0 Å². The van der Waals surface area contributed by atoms with Crippen molar-refractivity contribution in [3.05, 3.63) is 34.9 Å². The predicted octanol–water partition coefficient (Wildman–Crippen LogP) is 2.89. The third-order valence-electron chi connectivity index (χ3n) is 2.64. The van der Waals surface area contributed by atoms with Crippen LogP contribution in [0.1, 0.15) is 30.5 Å². The first-order chi connectivity index (χ1) is 7.36. The second-order valence-electron chi connectivity index (χ2n) is 4.63. The van der Waals surface area contributed by atoms with Crippen LogP contribution in [0.5, 0.6) is 0 Å². The molecule has 1 N–H and O–H groups in total. The van der Waals surface area contributed by atoms with Gasteiger partial charge in [0.15, 0.2) is 0 Å². The van der Waals surface area contributed by atoms with E-state index in [4.69, 9.17) is 11.6 Å². The van der Waals surface area contributed by atoms with Crippen molar-refractivity contribution in [2.75, 3.05) is 5.88 Å². The smallest absolute Gasteiger partial charge is 0.235 e. The average molecular weight is 240 g/mol. The topological polar surface area (TPSA) is 29.1 Å². The van der Waals surface area contributed by atoms with Crippen molar-refractivity contribution in [3.63, 3.8) is 0 Å². The fourth-order valence-corrected chi connectivity index (χ4v) is 1.93. The summed E-state index contributed by atoms with van der Waals surface area (Å²) in [5, 5.41) is 2.92. The molecule has 1 rings (SSSR count). The summed E-state index contributed by atoms with van der Waals surface area (Å²) >= 11 is 5.50. The van der Waals surface area contributed by atoms with Crippen molar-refractivity contribution >= 4 is 17.5 Å². The van der Waals surface area contributed by atoms with Gasteiger partial charge in [0.05, 0.1) is 5.54 Å². The molecule has 1 aromatic carbocycles. The highest BCUT2D eigenvalue weighted by Crippen LogP contribution is 2.24. The molecule has 1 aromatic rings. The molecule has 0 aliphatic rings. The van der Waals surface area contributed by atoms with Crippen LogP contribution < -0.4 is 5.32 Å². The van der Waals surface area contributed by atoms with Gasteiger partial charge < -0.3 is 5.32 Å². The second kappa shape index (κ2) is 4.88. The quantitative estimate of drug-likeness (QED) is 0.808. The lowest BCUT2D eigenvalue weighted by Crippen LogP contribution is -2.42. The largest absolute Gasteiger partial charge is 0.346 e.